The van der Waals surface area contributed by atoms with Crippen molar-refractivity contribution in [2.75, 3.05) is 19.6 Å². The molecule has 2 rings (SSSR count). The van der Waals surface area contributed by atoms with E-state index < -0.39 is 6.04 Å². The van der Waals surface area contributed by atoms with Crippen LogP contribution >= 0.6 is 11.6 Å². The fraction of sp³-hybridized carbons (Fsp3) is 0.579. The lowest BCUT2D eigenvalue weighted by Gasteiger charge is -2.30. The second-order valence-corrected chi connectivity index (χ2v) is 7.35. The number of nitrogens with one attached hydrogen (secondary N) is 2. The summed E-state index contributed by atoms with van der Waals surface area (Å²) in [5.41, 5.74) is 1.03. The van der Waals surface area contributed by atoms with Gasteiger partial charge in [-0.05, 0) is 43.5 Å². The molecule has 1 aliphatic rings. The van der Waals surface area contributed by atoms with Crippen LogP contribution < -0.4 is 10.6 Å². The molecule has 1 heterocycles. The number of halogens is 1. The van der Waals surface area contributed by atoms with E-state index in [9.17, 15) is 9.59 Å². The fourth-order valence-corrected chi connectivity index (χ4v) is 3.56. The van der Waals surface area contributed by atoms with Gasteiger partial charge in [-0.15, -0.1) is 0 Å². The molecule has 0 bridgehead atoms. The van der Waals surface area contributed by atoms with Gasteiger partial charge in [-0.25, -0.2) is 0 Å². The highest BCUT2D eigenvalue weighted by Gasteiger charge is 2.28. The van der Waals surface area contributed by atoms with E-state index in [1.165, 1.54) is 6.92 Å². The number of benzene rings is 1. The Hall–Kier alpha value is -1.59. The molecule has 0 spiro atoms. The second-order valence-electron chi connectivity index (χ2n) is 6.95. The summed E-state index contributed by atoms with van der Waals surface area (Å²) < 4.78 is 0. The quantitative estimate of drug-likeness (QED) is 0.781. The van der Waals surface area contributed by atoms with E-state index in [4.69, 9.17) is 11.6 Å². The predicted octanol–water partition coefficient (Wildman–Crippen LogP) is 2.75. The van der Waals surface area contributed by atoms with Crippen LogP contribution in [-0.2, 0) is 9.59 Å². The van der Waals surface area contributed by atoms with Gasteiger partial charge in [0.1, 0.15) is 6.04 Å². The number of rotatable bonds is 7. The first kappa shape index (κ1) is 19.7. The van der Waals surface area contributed by atoms with E-state index in [0.29, 0.717) is 6.54 Å². The van der Waals surface area contributed by atoms with Gasteiger partial charge in [0.25, 0.3) is 0 Å². The Labute approximate surface area is 155 Å². The first-order valence-corrected chi connectivity index (χ1v) is 9.31. The number of carbonyl (C=O) groups excluding carboxylic acids is 2. The van der Waals surface area contributed by atoms with Gasteiger partial charge in [-0.3, -0.25) is 14.5 Å². The van der Waals surface area contributed by atoms with Crippen LogP contribution in [0.2, 0.25) is 5.02 Å². The van der Waals surface area contributed by atoms with E-state index in [0.717, 1.165) is 36.5 Å². The normalized spacial score (nSPS) is 17.3. The molecule has 2 atom stereocenters. The average Bonchev–Trinajstić information content (AvgIpc) is 3.08. The molecule has 2 N–H and O–H groups in total. The van der Waals surface area contributed by atoms with Crippen LogP contribution in [0.1, 0.15) is 45.2 Å². The lowest BCUT2D eigenvalue weighted by atomic mass is 10.0. The van der Waals surface area contributed by atoms with Gasteiger partial charge < -0.3 is 10.6 Å². The Balaban J connectivity index is 2.10. The predicted molar refractivity (Wildman–Crippen MR) is 100 cm³/mol. The molecule has 2 amide bonds. The van der Waals surface area contributed by atoms with Crippen molar-refractivity contribution in [3.8, 4) is 0 Å². The number of nitrogens with zero attached hydrogens (tertiary/aromatic N) is 1. The zero-order valence-electron chi connectivity index (χ0n) is 15.2. The summed E-state index contributed by atoms with van der Waals surface area (Å²) in [5, 5.41) is 6.47. The van der Waals surface area contributed by atoms with Gasteiger partial charge in [0.2, 0.25) is 11.8 Å². The molecule has 0 saturated carbocycles. The third-order valence-electron chi connectivity index (χ3n) is 4.62. The van der Waals surface area contributed by atoms with E-state index in [1.807, 2.05) is 38.1 Å². The third-order valence-corrected chi connectivity index (χ3v) is 4.97. The van der Waals surface area contributed by atoms with Crippen molar-refractivity contribution in [3.05, 3.63) is 34.9 Å². The molecular weight excluding hydrogens is 338 g/mol. The molecule has 6 heteroatoms. The molecule has 0 aromatic heterocycles. The third kappa shape index (κ3) is 5.44. The van der Waals surface area contributed by atoms with Crippen LogP contribution in [0.3, 0.4) is 0 Å². The van der Waals surface area contributed by atoms with Crippen LogP contribution in [0.15, 0.2) is 24.3 Å². The minimum absolute atomic E-state index is 0.0226. The van der Waals surface area contributed by atoms with Crippen LogP contribution in [0.4, 0.5) is 0 Å². The van der Waals surface area contributed by atoms with E-state index >= 15 is 0 Å². The van der Waals surface area contributed by atoms with Gasteiger partial charge >= 0.3 is 0 Å². The van der Waals surface area contributed by atoms with Gasteiger partial charge in [0.05, 0.1) is 6.04 Å². The van der Waals surface area contributed by atoms with Crippen molar-refractivity contribution in [3.63, 3.8) is 0 Å². The Kier molecular flexibility index (Phi) is 7.26. The number of amides is 2. The summed E-state index contributed by atoms with van der Waals surface area (Å²) in [6, 6.07) is 7.31. The smallest absolute Gasteiger partial charge is 0.242 e. The SMILES string of the molecule is CC(=O)N[C@H](C(=O)NC[C@@H](c1ccccc1Cl)N1CCCC1)C(C)C. The molecule has 1 aromatic carbocycles. The Morgan fingerprint density at radius 2 is 1.84 bits per heavy atom. The molecule has 1 saturated heterocycles. The van der Waals surface area contributed by atoms with Crippen molar-refractivity contribution in [1.29, 1.82) is 0 Å². The monoisotopic (exact) mass is 365 g/mol. The highest BCUT2D eigenvalue weighted by atomic mass is 35.5. The molecule has 5 nitrogen and oxygen atoms in total. The first-order valence-electron chi connectivity index (χ1n) is 8.93. The van der Waals surface area contributed by atoms with E-state index in [1.54, 1.807) is 0 Å². The van der Waals surface area contributed by atoms with Crippen molar-refractivity contribution in [2.45, 2.75) is 45.7 Å². The molecule has 0 aliphatic carbocycles. The van der Waals surface area contributed by atoms with Crippen molar-refractivity contribution in [2.24, 2.45) is 5.92 Å². The summed E-state index contributed by atoms with van der Waals surface area (Å²) in [6.07, 6.45) is 2.32. The Bertz CT molecular complexity index is 600. The number of carbonyl (C=O) groups is 2. The molecule has 1 fully saturated rings. The maximum absolute atomic E-state index is 12.6. The lowest BCUT2D eigenvalue weighted by molar-refractivity contribution is -0.129. The minimum atomic E-state index is -0.525. The second kappa shape index (κ2) is 9.20. The number of likely N-dealkylation sites (tertiary alicyclic amines) is 1. The lowest BCUT2D eigenvalue weighted by Crippen LogP contribution is -2.50. The molecule has 0 unspecified atom stereocenters. The van der Waals surface area contributed by atoms with Crippen molar-refractivity contribution in [1.82, 2.24) is 15.5 Å². The van der Waals surface area contributed by atoms with Gasteiger partial charge in [-0.1, -0.05) is 43.6 Å². The van der Waals surface area contributed by atoms with Crippen LogP contribution in [0, 0.1) is 5.92 Å². The summed E-state index contributed by atoms with van der Waals surface area (Å²) in [7, 11) is 0. The highest BCUT2D eigenvalue weighted by molar-refractivity contribution is 6.31. The van der Waals surface area contributed by atoms with Gasteiger partial charge in [0, 0.05) is 18.5 Å². The fourth-order valence-electron chi connectivity index (χ4n) is 3.30. The summed E-state index contributed by atoms with van der Waals surface area (Å²) in [6.45, 7) is 7.76. The van der Waals surface area contributed by atoms with E-state index in [-0.39, 0.29) is 23.8 Å². The number of hydrogen-bond donors (Lipinski definition) is 2. The topological polar surface area (TPSA) is 61.4 Å². The molecular formula is C19H28ClN3O2. The maximum atomic E-state index is 12.6. The average molecular weight is 366 g/mol. The van der Waals surface area contributed by atoms with Crippen LogP contribution in [0.25, 0.3) is 0 Å². The number of hydrogen-bond acceptors (Lipinski definition) is 3. The Morgan fingerprint density at radius 3 is 2.40 bits per heavy atom. The standard InChI is InChI=1S/C19H28ClN3O2/c1-13(2)18(22-14(3)24)19(25)21-12-17(23-10-6-7-11-23)15-8-4-5-9-16(15)20/h4-5,8-9,13,17-18H,6-7,10-12H2,1-3H3,(H,21,25)(H,22,24)/t17-,18-/m0/s1. The largest absolute Gasteiger partial charge is 0.352 e. The highest BCUT2D eigenvalue weighted by Crippen LogP contribution is 2.29. The van der Waals surface area contributed by atoms with Crippen LogP contribution in [-0.4, -0.2) is 42.4 Å². The van der Waals surface area contributed by atoms with Crippen molar-refractivity contribution >= 4 is 23.4 Å². The molecule has 138 valence electrons. The summed E-state index contributed by atoms with van der Waals surface area (Å²) in [4.78, 5) is 26.3. The van der Waals surface area contributed by atoms with Crippen LogP contribution in [0.5, 0.6) is 0 Å². The van der Waals surface area contributed by atoms with Gasteiger partial charge in [0.15, 0.2) is 0 Å². The summed E-state index contributed by atoms with van der Waals surface area (Å²) >= 11 is 6.40. The zero-order chi connectivity index (χ0) is 18.4. The molecule has 25 heavy (non-hydrogen) atoms. The molecule has 0 radical (unpaired) electrons. The maximum Gasteiger partial charge on any atom is 0.242 e. The molecule has 1 aromatic rings. The van der Waals surface area contributed by atoms with Gasteiger partial charge in [-0.2, -0.15) is 0 Å². The summed E-state index contributed by atoms with van der Waals surface area (Å²) in [5.74, 6) is -0.327. The van der Waals surface area contributed by atoms with Crippen molar-refractivity contribution < 1.29 is 9.59 Å². The van der Waals surface area contributed by atoms with E-state index in [2.05, 4.69) is 15.5 Å². The zero-order valence-corrected chi connectivity index (χ0v) is 16.0. The Morgan fingerprint density at radius 1 is 1.20 bits per heavy atom. The molecule has 1 aliphatic heterocycles. The first-order chi connectivity index (χ1) is 11.9. The minimum Gasteiger partial charge on any atom is -0.352 e.